The van der Waals surface area contributed by atoms with Gasteiger partial charge in [0.1, 0.15) is 17.3 Å². The summed E-state index contributed by atoms with van der Waals surface area (Å²) in [6.07, 6.45) is -1.44. The van der Waals surface area contributed by atoms with E-state index in [0.29, 0.717) is 17.2 Å². The van der Waals surface area contributed by atoms with Crippen molar-refractivity contribution in [2.24, 2.45) is 7.05 Å². The minimum Gasteiger partial charge on any atom is -0.415 e. The van der Waals surface area contributed by atoms with Crippen molar-refractivity contribution in [1.82, 2.24) is 34.7 Å². The summed E-state index contributed by atoms with van der Waals surface area (Å²) in [6, 6.07) is 7.20. The van der Waals surface area contributed by atoms with Gasteiger partial charge in [-0.2, -0.15) is 8.78 Å². The van der Waals surface area contributed by atoms with E-state index >= 15 is 0 Å². The zero-order valence-corrected chi connectivity index (χ0v) is 16.9. The molecule has 0 atom stereocenters. The Morgan fingerprint density at radius 3 is 2.64 bits per heavy atom. The number of nitrogens with two attached hydrogens (primary N) is 1. The number of benzene rings is 2. The number of hydrogen-bond donors (Lipinski definition) is 1. The largest absolute Gasteiger partial charge is 0.415 e. The molecule has 5 rings (SSSR count). The lowest BCUT2D eigenvalue weighted by atomic mass is 10.1. The van der Waals surface area contributed by atoms with Crippen LogP contribution in [0.3, 0.4) is 0 Å². The van der Waals surface area contributed by atoms with Crippen LogP contribution in [0.4, 0.5) is 23.5 Å². The molecule has 0 bridgehead atoms. The van der Waals surface area contributed by atoms with Gasteiger partial charge in [-0.1, -0.05) is 11.3 Å². The Morgan fingerprint density at radius 1 is 1.06 bits per heavy atom. The maximum Gasteiger partial charge on any atom is 0.314 e. The summed E-state index contributed by atoms with van der Waals surface area (Å²) in [5.41, 5.74) is 8.13. The number of nitrogens with zero attached hydrogens (tertiary/aromatic N) is 7. The first-order valence-electron chi connectivity index (χ1n) is 9.52. The molecule has 0 spiro atoms. The summed E-state index contributed by atoms with van der Waals surface area (Å²) in [4.78, 5) is 4.27. The van der Waals surface area contributed by atoms with Crippen LogP contribution in [0.15, 0.2) is 40.9 Å². The molecule has 0 saturated heterocycles. The van der Waals surface area contributed by atoms with Crippen LogP contribution in [0.5, 0.6) is 0 Å². The second-order valence-electron chi connectivity index (χ2n) is 7.20. The molecule has 0 saturated carbocycles. The van der Waals surface area contributed by atoms with E-state index in [9.17, 15) is 17.6 Å². The Hall–Kier alpha value is -4.29. The van der Waals surface area contributed by atoms with Crippen LogP contribution in [0.25, 0.3) is 33.7 Å². The fraction of sp³-hybridized carbons (Fsp3) is 0.150. The molecule has 0 aliphatic rings. The van der Waals surface area contributed by atoms with Gasteiger partial charge in [0, 0.05) is 18.2 Å². The number of fused-ring (bicyclic) bond motifs is 1. The molecule has 9 nitrogen and oxygen atoms in total. The fourth-order valence-electron chi connectivity index (χ4n) is 3.36. The van der Waals surface area contributed by atoms with Crippen LogP contribution in [-0.2, 0) is 13.6 Å². The zero-order chi connectivity index (χ0) is 23.3. The summed E-state index contributed by atoms with van der Waals surface area (Å²) >= 11 is 0. The predicted octanol–water partition coefficient (Wildman–Crippen LogP) is 3.73. The molecule has 3 heterocycles. The van der Waals surface area contributed by atoms with E-state index in [1.807, 2.05) is 12.1 Å². The van der Waals surface area contributed by atoms with Gasteiger partial charge >= 0.3 is 6.43 Å². The molecule has 0 aliphatic carbocycles. The third-order valence-corrected chi connectivity index (χ3v) is 5.08. The van der Waals surface area contributed by atoms with Crippen molar-refractivity contribution in [3.05, 3.63) is 59.6 Å². The molecular weight excluding hydrogens is 444 g/mol. The van der Waals surface area contributed by atoms with Crippen molar-refractivity contribution in [3.63, 3.8) is 0 Å². The lowest BCUT2D eigenvalue weighted by Crippen LogP contribution is -2.04. The van der Waals surface area contributed by atoms with Crippen molar-refractivity contribution >= 4 is 17.0 Å². The number of imidazole rings is 1. The van der Waals surface area contributed by atoms with Crippen molar-refractivity contribution in [2.45, 2.75) is 13.0 Å². The summed E-state index contributed by atoms with van der Waals surface area (Å²) in [6.45, 7) is -0.124. The fourth-order valence-corrected chi connectivity index (χ4v) is 3.36. The Morgan fingerprint density at radius 2 is 1.88 bits per heavy atom. The number of halogens is 4. The first-order chi connectivity index (χ1) is 15.8. The first-order valence-corrected chi connectivity index (χ1v) is 9.52. The van der Waals surface area contributed by atoms with Crippen LogP contribution >= 0.6 is 0 Å². The topological polar surface area (TPSA) is 113 Å². The molecule has 2 aromatic carbocycles. The summed E-state index contributed by atoms with van der Waals surface area (Å²) in [5, 5.41) is 14.5. The number of alkyl halides is 2. The van der Waals surface area contributed by atoms with E-state index in [0.717, 1.165) is 23.2 Å². The molecule has 0 aliphatic heterocycles. The smallest absolute Gasteiger partial charge is 0.314 e. The summed E-state index contributed by atoms with van der Waals surface area (Å²) in [5.74, 6) is -2.85. The van der Waals surface area contributed by atoms with Crippen LogP contribution in [0.2, 0.25) is 0 Å². The van der Waals surface area contributed by atoms with E-state index in [-0.39, 0.29) is 12.1 Å². The number of nitrogen functional groups attached to an aromatic ring is 1. The molecule has 3 aromatic heterocycles. The second kappa shape index (κ2) is 7.69. The third kappa shape index (κ3) is 3.66. The van der Waals surface area contributed by atoms with Gasteiger partial charge in [0.2, 0.25) is 5.95 Å². The maximum absolute atomic E-state index is 14.6. The molecule has 0 unspecified atom stereocenters. The average Bonchev–Trinajstić information content (AvgIpc) is 3.50. The van der Waals surface area contributed by atoms with Gasteiger partial charge < -0.3 is 14.7 Å². The Kier molecular flexibility index (Phi) is 4.80. The zero-order valence-electron chi connectivity index (χ0n) is 16.9. The number of rotatable bonds is 5. The highest BCUT2D eigenvalue weighted by atomic mass is 19.3. The van der Waals surface area contributed by atoms with Gasteiger partial charge in [-0.3, -0.25) is 0 Å². The lowest BCUT2D eigenvalue weighted by molar-refractivity contribution is 0.116. The van der Waals surface area contributed by atoms with Crippen LogP contribution < -0.4 is 5.73 Å². The van der Waals surface area contributed by atoms with E-state index < -0.39 is 35.4 Å². The molecule has 168 valence electrons. The van der Waals surface area contributed by atoms with E-state index in [1.165, 1.54) is 4.68 Å². The van der Waals surface area contributed by atoms with E-state index in [4.69, 9.17) is 10.2 Å². The van der Waals surface area contributed by atoms with Gasteiger partial charge in [0.15, 0.2) is 0 Å². The normalized spacial score (nSPS) is 11.7. The highest BCUT2D eigenvalue weighted by Crippen LogP contribution is 2.28. The molecular formula is C20H14F4N8O. The molecule has 0 amide bonds. The number of hydrogen-bond acceptors (Lipinski definition) is 7. The van der Waals surface area contributed by atoms with Gasteiger partial charge in [0.05, 0.1) is 29.3 Å². The third-order valence-electron chi connectivity index (χ3n) is 5.08. The molecule has 5 aromatic rings. The van der Waals surface area contributed by atoms with E-state index in [1.54, 1.807) is 23.9 Å². The number of anilines is 1. The highest BCUT2D eigenvalue weighted by Gasteiger charge is 2.21. The van der Waals surface area contributed by atoms with Gasteiger partial charge in [-0.25, -0.2) is 18.4 Å². The molecule has 0 radical (unpaired) electrons. The minimum absolute atomic E-state index is 0.0331. The second-order valence-corrected chi connectivity index (χ2v) is 7.20. The van der Waals surface area contributed by atoms with Crippen molar-refractivity contribution in [2.75, 3.05) is 5.73 Å². The van der Waals surface area contributed by atoms with Crippen molar-refractivity contribution in [1.29, 1.82) is 0 Å². The van der Waals surface area contributed by atoms with Gasteiger partial charge in [-0.05, 0) is 24.3 Å². The Labute approximate surface area is 182 Å². The Bertz CT molecular complexity index is 1490. The first kappa shape index (κ1) is 20.6. The summed E-state index contributed by atoms with van der Waals surface area (Å²) < 4.78 is 62.2. The molecule has 2 N–H and O–H groups in total. The molecule has 13 heteroatoms. The van der Waals surface area contributed by atoms with Crippen molar-refractivity contribution in [3.8, 4) is 22.7 Å². The Balaban J connectivity index is 1.40. The molecule has 0 fully saturated rings. The maximum atomic E-state index is 14.6. The quantitative estimate of drug-likeness (QED) is 0.399. The lowest BCUT2D eigenvalue weighted by Gasteiger charge is -2.06. The average molecular weight is 458 g/mol. The van der Waals surface area contributed by atoms with Crippen LogP contribution in [0, 0.1) is 11.6 Å². The van der Waals surface area contributed by atoms with Gasteiger partial charge in [-0.15, -0.1) is 15.3 Å². The van der Waals surface area contributed by atoms with E-state index in [2.05, 4.69) is 25.5 Å². The predicted molar refractivity (Wildman–Crippen MR) is 108 cm³/mol. The monoisotopic (exact) mass is 458 g/mol. The van der Waals surface area contributed by atoms with Crippen molar-refractivity contribution < 1.29 is 22.0 Å². The minimum atomic E-state index is -3.02. The standard InChI is InChI=1S/C20H14F4N8O/c1-31-16-3-2-9(5-14(16)26-20(31)25)15-8-32(30-27-15)7-10-4-13(22)11(6-12(10)21)18-28-29-19(33-18)17(23)24/h2-6,8,17H,7H2,1H3,(H2,25,26). The molecule has 33 heavy (non-hydrogen) atoms. The summed E-state index contributed by atoms with van der Waals surface area (Å²) in [7, 11) is 1.80. The number of aromatic nitrogens is 7. The SMILES string of the molecule is Cn1c(N)nc2cc(-c3cn(Cc4cc(F)c(-c5nnc(C(F)F)o5)cc4F)nn3)ccc21. The highest BCUT2D eigenvalue weighted by molar-refractivity contribution is 5.83. The van der Waals surface area contributed by atoms with Crippen LogP contribution in [-0.4, -0.2) is 34.7 Å². The van der Waals surface area contributed by atoms with Crippen LogP contribution in [0.1, 0.15) is 17.9 Å². The van der Waals surface area contributed by atoms with Gasteiger partial charge in [0.25, 0.3) is 11.8 Å². The number of aryl methyl sites for hydroxylation is 1.